The van der Waals surface area contributed by atoms with Crippen LogP contribution in [0.1, 0.15) is 30.9 Å². The Labute approximate surface area is 163 Å². The van der Waals surface area contributed by atoms with Gasteiger partial charge in [0.05, 0.1) is 0 Å². The summed E-state index contributed by atoms with van der Waals surface area (Å²) in [6, 6.07) is 13.0. The molecule has 2 N–H and O–H groups in total. The summed E-state index contributed by atoms with van der Waals surface area (Å²) in [6.07, 6.45) is 6.80. The highest BCUT2D eigenvalue weighted by Gasteiger charge is 2.15. The summed E-state index contributed by atoms with van der Waals surface area (Å²) in [5.74, 6) is 1.73. The lowest BCUT2D eigenvalue weighted by molar-refractivity contribution is 0.185. The molecule has 2 heterocycles. The number of likely N-dealkylation sites (tertiary alicyclic amines) is 1. The Morgan fingerprint density at radius 3 is 2.56 bits per heavy atom. The summed E-state index contributed by atoms with van der Waals surface area (Å²) in [5.41, 5.74) is 2.70. The smallest absolute Gasteiger partial charge is 0.191 e. The molecule has 1 saturated heterocycles. The maximum absolute atomic E-state index is 4.32. The lowest BCUT2D eigenvalue weighted by atomic mass is 9.98. The van der Waals surface area contributed by atoms with Crippen LogP contribution in [0.4, 0.5) is 0 Å². The van der Waals surface area contributed by atoms with Crippen LogP contribution in [0.2, 0.25) is 0 Å². The van der Waals surface area contributed by atoms with Crippen molar-refractivity contribution in [1.29, 1.82) is 0 Å². The van der Waals surface area contributed by atoms with Crippen molar-refractivity contribution in [3.05, 3.63) is 59.9 Å². The number of aliphatic imine (C=N–C) groups is 1. The van der Waals surface area contributed by atoms with Gasteiger partial charge in [0.2, 0.25) is 0 Å². The average Bonchev–Trinajstić information content (AvgIpc) is 3.20. The minimum atomic E-state index is 0.786. The van der Waals surface area contributed by atoms with Gasteiger partial charge in [-0.05, 0) is 55.1 Å². The number of benzene rings is 1. The molecule has 5 heteroatoms. The topological polar surface area (TPSA) is 44.6 Å². The van der Waals surface area contributed by atoms with E-state index in [1.54, 1.807) is 0 Å². The fourth-order valence-corrected chi connectivity index (χ4v) is 3.55. The summed E-state index contributed by atoms with van der Waals surface area (Å²) >= 11 is 0. The normalized spacial score (nSPS) is 16.4. The van der Waals surface area contributed by atoms with E-state index >= 15 is 0 Å². The van der Waals surface area contributed by atoms with Gasteiger partial charge in [-0.15, -0.1) is 0 Å². The van der Waals surface area contributed by atoms with Gasteiger partial charge in [-0.3, -0.25) is 9.89 Å². The SMILES string of the molecule is CN=C(NCCn1cccc1)NCc1cccc(CN2CCC(C)CC2)c1. The van der Waals surface area contributed by atoms with Gasteiger partial charge in [-0.25, -0.2) is 0 Å². The molecule has 1 aromatic heterocycles. The molecular formula is C22H33N5. The molecule has 146 valence electrons. The molecule has 2 aromatic rings. The van der Waals surface area contributed by atoms with Gasteiger partial charge in [-0.2, -0.15) is 0 Å². The first-order valence-corrected chi connectivity index (χ1v) is 10.1. The van der Waals surface area contributed by atoms with Crippen LogP contribution in [-0.2, 0) is 19.6 Å². The van der Waals surface area contributed by atoms with Crippen LogP contribution in [0.15, 0.2) is 53.8 Å². The lowest BCUT2D eigenvalue weighted by Crippen LogP contribution is -2.38. The van der Waals surface area contributed by atoms with Crippen molar-refractivity contribution in [1.82, 2.24) is 20.1 Å². The Bertz CT molecular complexity index is 699. The van der Waals surface area contributed by atoms with Crippen LogP contribution < -0.4 is 10.6 Å². The molecule has 5 nitrogen and oxygen atoms in total. The first-order valence-electron chi connectivity index (χ1n) is 10.1. The van der Waals surface area contributed by atoms with Crippen LogP contribution in [0.5, 0.6) is 0 Å². The maximum Gasteiger partial charge on any atom is 0.191 e. The second kappa shape index (κ2) is 10.2. The second-order valence-electron chi connectivity index (χ2n) is 7.55. The Morgan fingerprint density at radius 1 is 1.07 bits per heavy atom. The van der Waals surface area contributed by atoms with Gasteiger partial charge >= 0.3 is 0 Å². The molecule has 27 heavy (non-hydrogen) atoms. The van der Waals surface area contributed by atoms with E-state index in [4.69, 9.17) is 0 Å². The van der Waals surface area contributed by atoms with Gasteiger partial charge in [-0.1, -0.05) is 31.2 Å². The van der Waals surface area contributed by atoms with E-state index in [1.807, 2.05) is 19.2 Å². The van der Waals surface area contributed by atoms with E-state index in [2.05, 4.69) is 68.7 Å². The monoisotopic (exact) mass is 367 g/mol. The molecule has 0 amide bonds. The van der Waals surface area contributed by atoms with E-state index < -0.39 is 0 Å². The Kier molecular flexibility index (Phi) is 7.34. The summed E-state index contributed by atoms with van der Waals surface area (Å²) in [4.78, 5) is 6.90. The third-order valence-electron chi connectivity index (χ3n) is 5.29. The lowest BCUT2D eigenvalue weighted by Gasteiger charge is -2.30. The standard InChI is InChI=1S/C22H33N5/c1-19-8-13-27(14-9-19)18-21-7-5-6-20(16-21)17-25-22(23-2)24-10-15-26-11-3-4-12-26/h3-7,11-12,16,19H,8-10,13-15,17-18H2,1-2H3,(H2,23,24,25). The predicted molar refractivity (Wildman–Crippen MR) is 113 cm³/mol. The van der Waals surface area contributed by atoms with Crippen molar-refractivity contribution in [2.45, 2.75) is 39.4 Å². The molecule has 0 unspecified atom stereocenters. The van der Waals surface area contributed by atoms with E-state index in [-0.39, 0.29) is 0 Å². The Balaban J connectivity index is 1.44. The molecule has 0 radical (unpaired) electrons. The second-order valence-corrected chi connectivity index (χ2v) is 7.55. The zero-order valence-electron chi connectivity index (χ0n) is 16.7. The van der Waals surface area contributed by atoms with Crippen LogP contribution in [0.25, 0.3) is 0 Å². The van der Waals surface area contributed by atoms with Crippen molar-refractivity contribution >= 4 is 5.96 Å². The number of hydrogen-bond acceptors (Lipinski definition) is 2. The Morgan fingerprint density at radius 2 is 1.81 bits per heavy atom. The third-order valence-corrected chi connectivity index (χ3v) is 5.29. The largest absolute Gasteiger partial charge is 0.355 e. The highest BCUT2D eigenvalue weighted by Crippen LogP contribution is 2.18. The van der Waals surface area contributed by atoms with E-state index in [1.165, 1.54) is 37.1 Å². The first kappa shape index (κ1) is 19.5. The van der Waals surface area contributed by atoms with Gasteiger partial charge in [0.1, 0.15) is 0 Å². The molecule has 0 bridgehead atoms. The molecule has 1 aliphatic heterocycles. The highest BCUT2D eigenvalue weighted by atomic mass is 15.2. The van der Waals surface area contributed by atoms with Gasteiger partial charge in [0, 0.05) is 45.6 Å². The van der Waals surface area contributed by atoms with E-state index in [9.17, 15) is 0 Å². The molecule has 1 fully saturated rings. The van der Waals surface area contributed by atoms with Crippen LogP contribution in [0, 0.1) is 5.92 Å². The fraction of sp³-hybridized carbons (Fsp3) is 0.500. The van der Waals surface area contributed by atoms with E-state index in [0.717, 1.165) is 38.1 Å². The predicted octanol–water partition coefficient (Wildman–Crippen LogP) is 3.09. The summed E-state index contributed by atoms with van der Waals surface area (Å²) < 4.78 is 2.16. The summed E-state index contributed by atoms with van der Waals surface area (Å²) in [5, 5.41) is 6.79. The number of rotatable bonds is 7. The zero-order chi connectivity index (χ0) is 18.9. The van der Waals surface area contributed by atoms with Crippen LogP contribution >= 0.6 is 0 Å². The Hall–Kier alpha value is -2.27. The zero-order valence-corrected chi connectivity index (χ0v) is 16.7. The maximum atomic E-state index is 4.32. The van der Waals surface area contributed by atoms with Crippen molar-refractivity contribution in [2.24, 2.45) is 10.9 Å². The molecule has 3 rings (SSSR count). The van der Waals surface area contributed by atoms with Gasteiger partial charge in [0.25, 0.3) is 0 Å². The third kappa shape index (κ3) is 6.43. The highest BCUT2D eigenvalue weighted by molar-refractivity contribution is 5.79. The van der Waals surface area contributed by atoms with Gasteiger partial charge < -0.3 is 15.2 Å². The quantitative estimate of drug-likeness (QED) is 0.584. The molecule has 1 aromatic carbocycles. The van der Waals surface area contributed by atoms with Gasteiger partial charge in [0.15, 0.2) is 5.96 Å². The van der Waals surface area contributed by atoms with Crippen molar-refractivity contribution in [3.63, 3.8) is 0 Å². The minimum Gasteiger partial charge on any atom is -0.355 e. The van der Waals surface area contributed by atoms with Crippen molar-refractivity contribution in [3.8, 4) is 0 Å². The number of nitrogens with one attached hydrogen (secondary N) is 2. The molecule has 0 spiro atoms. The number of guanidine groups is 1. The van der Waals surface area contributed by atoms with Crippen LogP contribution in [0.3, 0.4) is 0 Å². The average molecular weight is 368 g/mol. The van der Waals surface area contributed by atoms with Crippen LogP contribution in [-0.4, -0.2) is 42.1 Å². The van der Waals surface area contributed by atoms with E-state index in [0.29, 0.717) is 0 Å². The van der Waals surface area contributed by atoms with Crippen molar-refractivity contribution in [2.75, 3.05) is 26.7 Å². The number of piperidine rings is 1. The molecular weight excluding hydrogens is 334 g/mol. The van der Waals surface area contributed by atoms with Crippen molar-refractivity contribution < 1.29 is 0 Å². The molecule has 0 atom stereocenters. The number of nitrogens with zero attached hydrogens (tertiary/aromatic N) is 3. The summed E-state index contributed by atoms with van der Waals surface area (Å²) in [7, 11) is 1.82. The number of hydrogen-bond donors (Lipinski definition) is 2. The summed E-state index contributed by atoms with van der Waals surface area (Å²) in [6.45, 7) is 8.43. The molecule has 0 aliphatic carbocycles. The minimum absolute atomic E-state index is 0.786. The first-order chi connectivity index (χ1) is 13.2. The molecule has 0 saturated carbocycles. The fourth-order valence-electron chi connectivity index (χ4n) is 3.55. The number of aromatic nitrogens is 1. The molecule has 1 aliphatic rings.